The molecule has 106 valence electrons. The molecule has 0 aromatic heterocycles. The van der Waals surface area contributed by atoms with Crippen LogP contribution in [0.25, 0.3) is 0 Å². The Morgan fingerprint density at radius 1 is 1.32 bits per heavy atom. The van der Waals surface area contributed by atoms with Crippen LogP contribution in [0.5, 0.6) is 0 Å². The highest BCUT2D eigenvalue weighted by Crippen LogP contribution is 2.39. The molecule has 1 nitrogen and oxygen atoms in total. The van der Waals surface area contributed by atoms with Crippen LogP contribution in [0.15, 0.2) is 24.3 Å². The molecule has 2 rings (SSSR count). The lowest BCUT2D eigenvalue weighted by Gasteiger charge is -2.28. The molecule has 1 unspecified atom stereocenters. The Hall–Kier alpha value is -1.03. The molecule has 1 atom stereocenters. The summed E-state index contributed by atoms with van der Waals surface area (Å²) in [4.78, 5) is 0. The molecule has 4 heteroatoms. The summed E-state index contributed by atoms with van der Waals surface area (Å²) in [6.07, 6.45) is -0.168. The quantitative estimate of drug-likeness (QED) is 0.828. The van der Waals surface area contributed by atoms with Gasteiger partial charge in [0.05, 0.1) is 0 Å². The largest absolute Gasteiger partial charge is 0.407 e. The summed E-state index contributed by atoms with van der Waals surface area (Å²) < 4.78 is 39.3. The number of alkyl halides is 3. The summed E-state index contributed by atoms with van der Waals surface area (Å²) in [5.41, 5.74) is 1.39. The van der Waals surface area contributed by atoms with Crippen molar-refractivity contribution in [3.8, 4) is 0 Å². The number of hydrogen-bond donors (Lipinski definition) is 1. The lowest BCUT2D eigenvalue weighted by atomic mass is 9.79. The molecule has 19 heavy (non-hydrogen) atoms. The Morgan fingerprint density at radius 3 is 2.58 bits per heavy atom. The zero-order chi connectivity index (χ0) is 13.9. The molecule has 0 amide bonds. The second-order valence-corrected chi connectivity index (χ2v) is 5.23. The lowest BCUT2D eigenvalue weighted by Crippen LogP contribution is -2.34. The summed E-state index contributed by atoms with van der Waals surface area (Å²) in [6, 6.07) is 5.44. The van der Waals surface area contributed by atoms with E-state index in [1.807, 2.05) is 13.0 Å². The van der Waals surface area contributed by atoms with E-state index in [0.717, 1.165) is 18.4 Å². The molecule has 1 aliphatic rings. The van der Waals surface area contributed by atoms with E-state index in [0.29, 0.717) is 24.4 Å². The first kappa shape index (κ1) is 14.4. The fraction of sp³-hybridized carbons (Fsp3) is 0.600. The van der Waals surface area contributed by atoms with E-state index >= 15 is 0 Å². The molecule has 1 saturated carbocycles. The van der Waals surface area contributed by atoms with Crippen molar-refractivity contribution in [2.75, 3.05) is 6.54 Å². The van der Waals surface area contributed by atoms with Gasteiger partial charge in [0.2, 0.25) is 0 Å². The highest BCUT2D eigenvalue weighted by Gasteiger charge is 2.40. The van der Waals surface area contributed by atoms with E-state index in [1.54, 1.807) is 18.2 Å². The average Bonchev–Trinajstić information content (AvgIpc) is 2.26. The molecule has 1 aromatic rings. The zero-order valence-electron chi connectivity index (χ0n) is 11.1. The van der Waals surface area contributed by atoms with Gasteiger partial charge in [-0.15, -0.1) is 0 Å². The summed E-state index contributed by atoms with van der Waals surface area (Å²) in [5, 5.41) is 2.60. The first-order valence-corrected chi connectivity index (χ1v) is 6.92. The number of benzene rings is 1. The van der Waals surface area contributed by atoms with Crippen LogP contribution in [0.1, 0.15) is 55.7 Å². The Bertz CT molecular complexity index is 410. The molecular weight excluding hydrogens is 251 g/mol. The van der Waals surface area contributed by atoms with Crippen molar-refractivity contribution in [3.05, 3.63) is 35.4 Å². The third-order valence-corrected chi connectivity index (χ3v) is 3.75. The van der Waals surface area contributed by atoms with E-state index in [-0.39, 0.29) is 0 Å². The highest BCUT2D eigenvalue weighted by molar-refractivity contribution is 5.30. The van der Waals surface area contributed by atoms with Gasteiger partial charge in [-0.2, -0.15) is 13.2 Å². The second kappa shape index (κ2) is 5.95. The normalized spacial score (nSPS) is 18.1. The minimum absolute atomic E-state index is 0.338. The van der Waals surface area contributed by atoms with Crippen LogP contribution in [-0.4, -0.2) is 12.7 Å². The lowest BCUT2D eigenvalue weighted by molar-refractivity contribution is -0.157. The molecule has 0 saturated heterocycles. The maximum atomic E-state index is 13.1. The van der Waals surface area contributed by atoms with Crippen molar-refractivity contribution in [1.29, 1.82) is 0 Å². The summed E-state index contributed by atoms with van der Waals surface area (Å²) in [6.45, 7) is 2.24. The van der Waals surface area contributed by atoms with Crippen molar-refractivity contribution >= 4 is 0 Å². The molecule has 0 heterocycles. The maximum Gasteiger partial charge on any atom is 0.407 e. The van der Waals surface area contributed by atoms with Gasteiger partial charge in [-0.3, -0.25) is 0 Å². The minimum Gasteiger partial charge on any atom is -0.302 e. The summed E-state index contributed by atoms with van der Waals surface area (Å²) in [7, 11) is 0. The van der Waals surface area contributed by atoms with Crippen LogP contribution in [0.4, 0.5) is 13.2 Å². The van der Waals surface area contributed by atoms with Gasteiger partial charge >= 0.3 is 6.18 Å². The van der Waals surface area contributed by atoms with E-state index in [9.17, 15) is 13.2 Å². The maximum absolute atomic E-state index is 13.1. The summed E-state index contributed by atoms with van der Waals surface area (Å²) >= 11 is 0. The van der Waals surface area contributed by atoms with E-state index in [4.69, 9.17) is 0 Å². The monoisotopic (exact) mass is 271 g/mol. The van der Waals surface area contributed by atoms with Gasteiger partial charge in [-0.1, -0.05) is 37.6 Å². The Kier molecular flexibility index (Phi) is 4.50. The van der Waals surface area contributed by atoms with Crippen LogP contribution in [-0.2, 0) is 0 Å². The third-order valence-electron chi connectivity index (χ3n) is 3.75. The molecule has 1 N–H and O–H groups in total. The number of nitrogens with one attached hydrogen (secondary N) is 1. The first-order chi connectivity index (χ1) is 9.02. The molecular formula is C15H20F3N. The fourth-order valence-electron chi connectivity index (χ4n) is 2.45. The SMILES string of the molecule is CCCNC(c1cccc(C2CCC2)c1)C(F)(F)F. The summed E-state index contributed by atoms with van der Waals surface area (Å²) in [5.74, 6) is 0.458. The van der Waals surface area contributed by atoms with Crippen LogP contribution in [0.2, 0.25) is 0 Å². The second-order valence-electron chi connectivity index (χ2n) is 5.23. The van der Waals surface area contributed by atoms with E-state index < -0.39 is 12.2 Å². The predicted octanol–water partition coefficient (Wildman–Crippen LogP) is 4.56. The van der Waals surface area contributed by atoms with Gasteiger partial charge in [-0.05, 0) is 42.9 Å². The highest BCUT2D eigenvalue weighted by atomic mass is 19.4. The standard InChI is InChI=1S/C15H20F3N/c1-2-9-19-14(15(16,17)18)13-8-4-7-12(10-13)11-5-3-6-11/h4,7-8,10-11,14,19H,2-3,5-6,9H2,1H3. The van der Waals surface area contributed by atoms with Crippen molar-refractivity contribution in [3.63, 3.8) is 0 Å². The van der Waals surface area contributed by atoms with Crippen molar-refractivity contribution in [2.24, 2.45) is 0 Å². The molecule has 1 aliphatic carbocycles. The molecule has 0 aliphatic heterocycles. The third kappa shape index (κ3) is 3.50. The molecule has 0 bridgehead atoms. The number of hydrogen-bond acceptors (Lipinski definition) is 1. The first-order valence-electron chi connectivity index (χ1n) is 6.92. The molecule has 0 spiro atoms. The number of halogens is 3. The average molecular weight is 271 g/mol. The van der Waals surface area contributed by atoms with Crippen molar-refractivity contribution in [1.82, 2.24) is 5.32 Å². The molecule has 1 fully saturated rings. The van der Waals surface area contributed by atoms with Gasteiger partial charge in [0.15, 0.2) is 0 Å². The number of rotatable bonds is 5. The van der Waals surface area contributed by atoms with Crippen LogP contribution in [0.3, 0.4) is 0 Å². The molecule has 0 radical (unpaired) electrons. The fourth-order valence-corrected chi connectivity index (χ4v) is 2.45. The smallest absolute Gasteiger partial charge is 0.302 e. The Morgan fingerprint density at radius 2 is 2.05 bits per heavy atom. The zero-order valence-corrected chi connectivity index (χ0v) is 11.1. The molecule has 1 aromatic carbocycles. The van der Waals surface area contributed by atoms with Crippen molar-refractivity contribution < 1.29 is 13.2 Å². The predicted molar refractivity (Wildman–Crippen MR) is 70.1 cm³/mol. The van der Waals surface area contributed by atoms with Gasteiger partial charge in [0, 0.05) is 0 Å². The van der Waals surface area contributed by atoms with E-state index in [2.05, 4.69) is 5.32 Å². The topological polar surface area (TPSA) is 12.0 Å². The van der Waals surface area contributed by atoms with Gasteiger partial charge < -0.3 is 5.32 Å². The van der Waals surface area contributed by atoms with Crippen LogP contribution >= 0.6 is 0 Å². The Labute approximate surface area is 112 Å². The van der Waals surface area contributed by atoms with Crippen LogP contribution < -0.4 is 5.32 Å². The van der Waals surface area contributed by atoms with Crippen LogP contribution in [0, 0.1) is 0 Å². The van der Waals surface area contributed by atoms with Gasteiger partial charge in [-0.25, -0.2) is 0 Å². The van der Waals surface area contributed by atoms with Gasteiger partial charge in [0.25, 0.3) is 0 Å². The minimum atomic E-state index is -4.24. The Balaban J connectivity index is 2.20. The van der Waals surface area contributed by atoms with Gasteiger partial charge in [0.1, 0.15) is 6.04 Å². The van der Waals surface area contributed by atoms with Crippen molar-refractivity contribution in [2.45, 2.75) is 50.7 Å². The van der Waals surface area contributed by atoms with E-state index in [1.165, 1.54) is 6.42 Å².